The Morgan fingerprint density at radius 3 is 2.89 bits per heavy atom. The first kappa shape index (κ1) is 16.3. The molecule has 1 rings (SSSR count). The van der Waals surface area contributed by atoms with Gasteiger partial charge in [-0.05, 0) is 31.0 Å². The highest BCUT2D eigenvalue weighted by molar-refractivity contribution is 6.31. The third-order valence-corrected chi connectivity index (χ3v) is 3.01. The molecular weight excluding hydrogens is 274 g/mol. The van der Waals surface area contributed by atoms with Crippen LogP contribution in [-0.2, 0) is 11.2 Å². The average Bonchev–Trinajstić information content (AvgIpc) is 2.37. The number of ether oxygens (including phenoxy) is 1. The summed E-state index contributed by atoms with van der Waals surface area (Å²) in [5.41, 5.74) is 0.997. The summed E-state index contributed by atoms with van der Waals surface area (Å²) < 4.78 is 28.8. The minimum Gasteiger partial charge on any atom is -0.375 e. The molecule has 0 radical (unpaired) electrons. The molecule has 1 aromatic rings. The molecule has 0 aliphatic heterocycles. The molecule has 0 fully saturated rings. The molecule has 0 bridgehead atoms. The number of alkyl halides is 2. The monoisotopic (exact) mass is 292 g/mol. The molecule has 6 heteroatoms. The van der Waals surface area contributed by atoms with Gasteiger partial charge in [-0.25, -0.2) is 8.78 Å². The molecule has 108 valence electrons. The number of likely N-dealkylation sites (N-methyl/N-ethyl adjacent to an activating group) is 1. The predicted octanol–water partition coefficient (Wildman–Crippen LogP) is 2.93. The number of nitrogens with zero attached hydrogens (tertiary/aromatic N) is 1. The molecule has 19 heavy (non-hydrogen) atoms. The van der Waals surface area contributed by atoms with Gasteiger partial charge in [0.15, 0.2) is 0 Å². The largest absolute Gasteiger partial charge is 0.375 e. The van der Waals surface area contributed by atoms with Crippen molar-refractivity contribution >= 4 is 11.6 Å². The number of nitrogens with one attached hydrogen (secondary N) is 1. The number of hydrogen-bond donors (Lipinski definition) is 1. The Morgan fingerprint density at radius 2 is 2.26 bits per heavy atom. The fourth-order valence-corrected chi connectivity index (χ4v) is 1.99. The molecule has 0 aliphatic rings. The first-order chi connectivity index (χ1) is 9.13. The van der Waals surface area contributed by atoms with E-state index in [0.29, 0.717) is 18.1 Å². The molecule has 3 nitrogen and oxygen atoms in total. The van der Waals surface area contributed by atoms with Crippen LogP contribution in [0.25, 0.3) is 0 Å². The van der Waals surface area contributed by atoms with Crippen molar-refractivity contribution in [3.8, 4) is 0 Å². The third kappa shape index (κ3) is 6.80. The minimum absolute atomic E-state index is 0.155. The number of pyridine rings is 1. The summed E-state index contributed by atoms with van der Waals surface area (Å²) in [4.78, 5) is 3.93. The molecule has 0 aromatic carbocycles. The van der Waals surface area contributed by atoms with Crippen molar-refractivity contribution in [1.82, 2.24) is 10.3 Å². The van der Waals surface area contributed by atoms with Crippen LogP contribution < -0.4 is 5.32 Å². The molecule has 0 saturated heterocycles. The first-order valence-corrected chi connectivity index (χ1v) is 6.69. The van der Waals surface area contributed by atoms with Crippen LogP contribution in [-0.4, -0.2) is 37.2 Å². The van der Waals surface area contributed by atoms with Crippen LogP contribution in [0, 0.1) is 0 Å². The zero-order chi connectivity index (χ0) is 14.1. The Labute approximate surface area is 117 Å². The quantitative estimate of drug-likeness (QED) is 0.711. The van der Waals surface area contributed by atoms with Crippen LogP contribution >= 0.6 is 11.6 Å². The Hall–Kier alpha value is -0.780. The lowest BCUT2D eigenvalue weighted by atomic mass is 10.0. The van der Waals surface area contributed by atoms with Crippen LogP contribution in [0.1, 0.15) is 18.9 Å². The Balaban J connectivity index is 2.42. The van der Waals surface area contributed by atoms with E-state index in [0.717, 1.165) is 18.5 Å². The van der Waals surface area contributed by atoms with Crippen molar-refractivity contribution in [2.24, 2.45) is 0 Å². The van der Waals surface area contributed by atoms with Gasteiger partial charge in [0.05, 0.1) is 5.02 Å². The van der Waals surface area contributed by atoms with Crippen LogP contribution in [0.4, 0.5) is 8.78 Å². The number of halogens is 3. The summed E-state index contributed by atoms with van der Waals surface area (Å²) >= 11 is 6.05. The predicted molar refractivity (Wildman–Crippen MR) is 71.9 cm³/mol. The Morgan fingerprint density at radius 1 is 1.47 bits per heavy atom. The molecule has 1 aromatic heterocycles. The van der Waals surface area contributed by atoms with Crippen LogP contribution in [0.3, 0.4) is 0 Å². The van der Waals surface area contributed by atoms with Gasteiger partial charge in [-0.15, -0.1) is 0 Å². The van der Waals surface area contributed by atoms with Crippen molar-refractivity contribution in [2.45, 2.75) is 32.2 Å². The van der Waals surface area contributed by atoms with E-state index >= 15 is 0 Å². The molecule has 0 aliphatic carbocycles. The van der Waals surface area contributed by atoms with E-state index in [1.807, 2.05) is 13.0 Å². The van der Waals surface area contributed by atoms with E-state index in [4.69, 9.17) is 16.3 Å². The maximum absolute atomic E-state index is 11.9. The minimum atomic E-state index is -2.41. The molecule has 0 spiro atoms. The summed E-state index contributed by atoms with van der Waals surface area (Å²) in [6.45, 7) is 2.61. The van der Waals surface area contributed by atoms with Gasteiger partial charge in [-0.3, -0.25) is 4.98 Å². The number of hydrogen-bond acceptors (Lipinski definition) is 3. The second kappa shape index (κ2) is 9.18. The maximum atomic E-state index is 11.9. The lowest BCUT2D eigenvalue weighted by Crippen LogP contribution is -2.32. The van der Waals surface area contributed by atoms with Gasteiger partial charge in [-0.1, -0.05) is 18.5 Å². The summed E-state index contributed by atoms with van der Waals surface area (Å²) in [6.07, 6.45) is 2.28. The fourth-order valence-electron chi connectivity index (χ4n) is 1.80. The van der Waals surface area contributed by atoms with E-state index in [-0.39, 0.29) is 6.04 Å². The molecule has 1 heterocycles. The van der Waals surface area contributed by atoms with E-state index in [1.165, 1.54) is 0 Å². The smallest absolute Gasteiger partial charge is 0.261 e. The molecule has 1 unspecified atom stereocenters. The summed E-state index contributed by atoms with van der Waals surface area (Å²) in [6, 6.07) is 2.02. The molecule has 1 atom stereocenters. The second-order valence-electron chi connectivity index (χ2n) is 4.18. The fraction of sp³-hybridized carbons (Fsp3) is 0.615. The number of rotatable bonds is 9. The van der Waals surface area contributed by atoms with E-state index in [2.05, 4.69) is 10.3 Å². The van der Waals surface area contributed by atoms with Gasteiger partial charge in [0.2, 0.25) is 0 Å². The van der Waals surface area contributed by atoms with Gasteiger partial charge < -0.3 is 10.1 Å². The zero-order valence-electron chi connectivity index (χ0n) is 10.9. The normalized spacial score (nSPS) is 12.9. The molecular formula is C13H19ClF2N2O. The van der Waals surface area contributed by atoms with E-state index in [1.54, 1.807) is 12.4 Å². The highest BCUT2D eigenvalue weighted by atomic mass is 35.5. The summed E-state index contributed by atoms with van der Waals surface area (Å²) in [5, 5.41) is 3.92. The molecule has 0 saturated carbocycles. The van der Waals surface area contributed by atoms with Crippen LogP contribution in [0.2, 0.25) is 5.02 Å². The lowest BCUT2D eigenvalue weighted by molar-refractivity contribution is 0.0144. The number of aromatic nitrogens is 1. The van der Waals surface area contributed by atoms with Gasteiger partial charge in [0.1, 0.15) is 6.61 Å². The highest BCUT2D eigenvalue weighted by Gasteiger charge is 2.11. The molecule has 0 amide bonds. The van der Waals surface area contributed by atoms with Crippen molar-refractivity contribution in [1.29, 1.82) is 0 Å². The highest BCUT2D eigenvalue weighted by Crippen LogP contribution is 2.16. The van der Waals surface area contributed by atoms with Crippen molar-refractivity contribution in [3.05, 3.63) is 29.0 Å². The average molecular weight is 293 g/mol. The third-order valence-electron chi connectivity index (χ3n) is 2.67. The first-order valence-electron chi connectivity index (χ1n) is 6.31. The van der Waals surface area contributed by atoms with Gasteiger partial charge >= 0.3 is 0 Å². The van der Waals surface area contributed by atoms with Crippen LogP contribution in [0.15, 0.2) is 18.5 Å². The Kier molecular flexibility index (Phi) is 7.86. The van der Waals surface area contributed by atoms with Gasteiger partial charge in [-0.2, -0.15) is 0 Å². The summed E-state index contributed by atoms with van der Waals surface area (Å²) in [5.74, 6) is 0. The standard InChI is InChI=1S/C13H19ClF2N2O/c1-2-18-11(4-6-19-9-13(15)16)7-10-3-5-17-8-12(10)14/h3,5,8,11,13,18H,2,4,6-7,9H2,1H3. The zero-order valence-corrected chi connectivity index (χ0v) is 11.7. The SMILES string of the molecule is CCNC(CCOCC(F)F)Cc1ccncc1Cl. The van der Waals surface area contributed by atoms with Crippen molar-refractivity contribution < 1.29 is 13.5 Å². The summed E-state index contributed by atoms with van der Waals surface area (Å²) in [7, 11) is 0. The lowest BCUT2D eigenvalue weighted by Gasteiger charge is -2.18. The van der Waals surface area contributed by atoms with Crippen LogP contribution in [0.5, 0.6) is 0 Å². The van der Waals surface area contributed by atoms with Crippen molar-refractivity contribution in [3.63, 3.8) is 0 Å². The van der Waals surface area contributed by atoms with Gasteiger partial charge in [0.25, 0.3) is 6.43 Å². The maximum Gasteiger partial charge on any atom is 0.261 e. The van der Waals surface area contributed by atoms with E-state index < -0.39 is 13.0 Å². The molecule has 1 N–H and O–H groups in total. The topological polar surface area (TPSA) is 34.1 Å². The second-order valence-corrected chi connectivity index (χ2v) is 4.59. The van der Waals surface area contributed by atoms with Crippen molar-refractivity contribution in [2.75, 3.05) is 19.8 Å². The van der Waals surface area contributed by atoms with Gasteiger partial charge in [0, 0.05) is 25.0 Å². The Bertz CT molecular complexity index is 366. The van der Waals surface area contributed by atoms with E-state index in [9.17, 15) is 8.78 Å².